The fraction of sp³-hybridized carbons (Fsp3) is 0.231. The van der Waals surface area contributed by atoms with Crippen LogP contribution in [0.15, 0.2) is 36.7 Å². The molecule has 3 rings (SSSR count). The number of hydrogen-bond acceptors (Lipinski definition) is 5. The van der Waals surface area contributed by atoms with Crippen molar-refractivity contribution < 1.29 is 4.39 Å². The van der Waals surface area contributed by atoms with E-state index in [2.05, 4.69) is 25.9 Å². The second-order valence-electron chi connectivity index (χ2n) is 4.39. The number of halogens is 1. The molecule has 0 bridgehead atoms. The second-order valence-corrected chi connectivity index (χ2v) is 4.39. The molecule has 0 aliphatic carbocycles. The van der Waals surface area contributed by atoms with Gasteiger partial charge < -0.3 is 16.0 Å². The number of rotatable bonds is 4. The van der Waals surface area contributed by atoms with Gasteiger partial charge in [-0.15, -0.1) is 0 Å². The van der Waals surface area contributed by atoms with Gasteiger partial charge in [0.2, 0.25) is 0 Å². The van der Waals surface area contributed by atoms with E-state index < -0.39 is 0 Å². The Morgan fingerprint density at radius 3 is 2.68 bits per heavy atom. The van der Waals surface area contributed by atoms with Crippen LogP contribution in [0, 0.1) is 5.82 Å². The molecule has 1 aromatic carbocycles. The van der Waals surface area contributed by atoms with Crippen molar-refractivity contribution in [2.24, 2.45) is 0 Å². The van der Waals surface area contributed by atoms with Crippen molar-refractivity contribution in [1.29, 1.82) is 0 Å². The first-order valence-electron chi connectivity index (χ1n) is 6.12. The summed E-state index contributed by atoms with van der Waals surface area (Å²) < 4.78 is 13.5. The Hall–Kier alpha value is -2.21. The predicted molar refractivity (Wildman–Crippen MR) is 72.0 cm³/mol. The van der Waals surface area contributed by atoms with Crippen LogP contribution in [0.1, 0.15) is 0 Å². The van der Waals surface area contributed by atoms with Crippen LogP contribution >= 0.6 is 0 Å². The topological polar surface area (TPSA) is 61.9 Å². The molecule has 0 unspecified atom stereocenters. The highest BCUT2D eigenvalue weighted by atomic mass is 19.1. The van der Waals surface area contributed by atoms with Crippen molar-refractivity contribution in [1.82, 2.24) is 15.3 Å². The van der Waals surface area contributed by atoms with Gasteiger partial charge in [-0.3, -0.25) is 0 Å². The molecule has 2 aromatic rings. The Kier molecular flexibility index (Phi) is 3.24. The summed E-state index contributed by atoms with van der Waals surface area (Å²) in [5.41, 5.74) is 0.400. The van der Waals surface area contributed by atoms with E-state index in [0.717, 1.165) is 18.9 Å². The summed E-state index contributed by atoms with van der Waals surface area (Å²) in [7, 11) is 0. The molecule has 1 aromatic heterocycles. The predicted octanol–water partition coefficient (Wildman–Crippen LogP) is 1.74. The quantitative estimate of drug-likeness (QED) is 0.780. The fourth-order valence-electron chi connectivity index (χ4n) is 1.81. The Bertz CT molecular complexity index is 570. The molecule has 0 spiro atoms. The summed E-state index contributed by atoms with van der Waals surface area (Å²) in [6, 6.07) is 8.66. The smallest absolute Gasteiger partial charge is 0.146 e. The standard InChI is InChI=1S/C13H14FN5/c14-10-3-1-2-4-11(10)19-13-5-12(16-8-17-13)18-9-6-15-7-9/h1-5,8-9,15H,6-7H2,(H2,16,17,18,19). The van der Waals surface area contributed by atoms with Crippen molar-refractivity contribution in [3.63, 3.8) is 0 Å². The van der Waals surface area contributed by atoms with Crippen LogP contribution in [-0.4, -0.2) is 29.1 Å². The molecule has 0 radical (unpaired) electrons. The summed E-state index contributed by atoms with van der Waals surface area (Å²) in [6.07, 6.45) is 1.46. The lowest BCUT2D eigenvalue weighted by Crippen LogP contribution is -2.51. The average molecular weight is 259 g/mol. The van der Waals surface area contributed by atoms with Gasteiger partial charge in [-0.2, -0.15) is 0 Å². The highest BCUT2D eigenvalue weighted by Gasteiger charge is 2.16. The largest absolute Gasteiger partial charge is 0.365 e. The van der Waals surface area contributed by atoms with Crippen LogP contribution in [0.2, 0.25) is 0 Å². The molecular formula is C13H14FN5. The zero-order valence-corrected chi connectivity index (χ0v) is 10.2. The number of anilines is 3. The Balaban J connectivity index is 1.73. The van der Waals surface area contributed by atoms with Gasteiger partial charge in [0.05, 0.1) is 11.7 Å². The minimum atomic E-state index is -0.307. The maximum atomic E-state index is 13.5. The summed E-state index contributed by atoms with van der Waals surface area (Å²) in [5.74, 6) is 0.994. The Morgan fingerprint density at radius 2 is 1.95 bits per heavy atom. The van der Waals surface area contributed by atoms with E-state index in [-0.39, 0.29) is 5.82 Å². The number of nitrogens with one attached hydrogen (secondary N) is 3. The summed E-state index contributed by atoms with van der Waals surface area (Å²) in [4.78, 5) is 8.22. The molecule has 0 atom stereocenters. The zero-order chi connectivity index (χ0) is 13.1. The van der Waals surface area contributed by atoms with Gasteiger partial charge in [0.1, 0.15) is 23.8 Å². The maximum Gasteiger partial charge on any atom is 0.146 e. The number of aromatic nitrogens is 2. The van der Waals surface area contributed by atoms with Crippen LogP contribution in [0.25, 0.3) is 0 Å². The maximum absolute atomic E-state index is 13.5. The van der Waals surface area contributed by atoms with Crippen molar-refractivity contribution in [2.75, 3.05) is 23.7 Å². The van der Waals surface area contributed by atoms with Crippen LogP contribution in [0.4, 0.5) is 21.7 Å². The van der Waals surface area contributed by atoms with Crippen molar-refractivity contribution >= 4 is 17.3 Å². The normalized spacial score (nSPS) is 14.8. The van der Waals surface area contributed by atoms with Crippen LogP contribution in [0.5, 0.6) is 0 Å². The molecule has 2 heterocycles. The molecule has 1 fully saturated rings. The monoisotopic (exact) mass is 259 g/mol. The molecule has 1 saturated heterocycles. The lowest BCUT2D eigenvalue weighted by atomic mass is 10.2. The third-order valence-electron chi connectivity index (χ3n) is 2.94. The minimum Gasteiger partial charge on any atom is -0.365 e. The van der Waals surface area contributed by atoms with Crippen LogP contribution in [-0.2, 0) is 0 Å². The number of para-hydroxylation sites is 1. The SMILES string of the molecule is Fc1ccccc1Nc1cc(NC2CNC2)ncn1. The van der Waals surface area contributed by atoms with E-state index in [4.69, 9.17) is 0 Å². The molecule has 98 valence electrons. The Morgan fingerprint density at radius 1 is 1.16 bits per heavy atom. The van der Waals surface area contributed by atoms with Crippen molar-refractivity contribution in [2.45, 2.75) is 6.04 Å². The lowest BCUT2D eigenvalue weighted by molar-refractivity contribution is 0.471. The van der Waals surface area contributed by atoms with Crippen molar-refractivity contribution in [3.05, 3.63) is 42.5 Å². The van der Waals surface area contributed by atoms with Gasteiger partial charge in [-0.05, 0) is 12.1 Å². The van der Waals surface area contributed by atoms with E-state index in [0.29, 0.717) is 17.5 Å². The van der Waals surface area contributed by atoms with Gasteiger partial charge in [-0.1, -0.05) is 12.1 Å². The number of benzene rings is 1. The first-order chi connectivity index (χ1) is 9.31. The molecule has 19 heavy (non-hydrogen) atoms. The van der Waals surface area contributed by atoms with E-state index in [9.17, 15) is 4.39 Å². The van der Waals surface area contributed by atoms with Gasteiger partial charge in [0, 0.05) is 19.2 Å². The fourth-order valence-corrected chi connectivity index (χ4v) is 1.81. The van der Waals surface area contributed by atoms with Gasteiger partial charge in [0.15, 0.2) is 0 Å². The first kappa shape index (κ1) is 11.9. The Labute approximate surface area is 110 Å². The second kappa shape index (κ2) is 5.19. The van der Waals surface area contributed by atoms with Crippen molar-refractivity contribution in [3.8, 4) is 0 Å². The minimum absolute atomic E-state index is 0.307. The molecule has 0 saturated carbocycles. The molecule has 3 N–H and O–H groups in total. The van der Waals surface area contributed by atoms with Gasteiger partial charge >= 0.3 is 0 Å². The summed E-state index contributed by atoms with van der Waals surface area (Å²) in [5, 5.41) is 9.38. The van der Waals surface area contributed by atoms with Crippen LogP contribution in [0.3, 0.4) is 0 Å². The summed E-state index contributed by atoms with van der Waals surface area (Å²) >= 11 is 0. The highest BCUT2D eigenvalue weighted by Crippen LogP contribution is 2.19. The molecular weight excluding hydrogens is 245 g/mol. The van der Waals surface area contributed by atoms with E-state index in [1.165, 1.54) is 12.4 Å². The number of nitrogens with zero attached hydrogens (tertiary/aromatic N) is 2. The third kappa shape index (κ3) is 2.79. The van der Waals surface area contributed by atoms with E-state index >= 15 is 0 Å². The average Bonchev–Trinajstić information content (AvgIpc) is 2.37. The third-order valence-corrected chi connectivity index (χ3v) is 2.94. The van der Waals surface area contributed by atoms with Crippen LogP contribution < -0.4 is 16.0 Å². The van der Waals surface area contributed by atoms with Gasteiger partial charge in [0.25, 0.3) is 0 Å². The molecule has 1 aliphatic heterocycles. The molecule has 5 nitrogen and oxygen atoms in total. The zero-order valence-electron chi connectivity index (χ0n) is 10.2. The molecule has 6 heteroatoms. The van der Waals surface area contributed by atoms with E-state index in [1.54, 1.807) is 24.3 Å². The number of hydrogen-bond donors (Lipinski definition) is 3. The van der Waals surface area contributed by atoms with Gasteiger partial charge in [-0.25, -0.2) is 14.4 Å². The molecule has 1 aliphatic rings. The van der Waals surface area contributed by atoms with E-state index in [1.807, 2.05) is 0 Å². The lowest BCUT2D eigenvalue weighted by Gasteiger charge is -2.28. The first-order valence-corrected chi connectivity index (χ1v) is 6.12. The summed E-state index contributed by atoms with van der Waals surface area (Å²) in [6.45, 7) is 1.86. The highest BCUT2D eigenvalue weighted by molar-refractivity contribution is 5.59. The molecule has 0 amide bonds.